The van der Waals surface area contributed by atoms with Gasteiger partial charge in [-0.15, -0.1) is 0 Å². The van der Waals surface area contributed by atoms with Crippen molar-refractivity contribution in [2.24, 2.45) is 0 Å². The minimum absolute atomic E-state index is 0.0382. The fraction of sp³-hybridized carbons (Fsp3) is 0.240. The number of anilines is 1. The van der Waals surface area contributed by atoms with E-state index in [1.165, 1.54) is 22.3 Å². The quantitative estimate of drug-likeness (QED) is 0.324. The van der Waals surface area contributed by atoms with Crippen LogP contribution in [-0.4, -0.2) is 48.5 Å². The summed E-state index contributed by atoms with van der Waals surface area (Å²) in [4.78, 5) is 23.7. The van der Waals surface area contributed by atoms with Gasteiger partial charge in [0.1, 0.15) is 18.2 Å². The van der Waals surface area contributed by atoms with Gasteiger partial charge in [0, 0.05) is 6.42 Å². The number of H-pyrrole nitrogens is 1. The summed E-state index contributed by atoms with van der Waals surface area (Å²) in [6.45, 7) is -0.317. The van der Waals surface area contributed by atoms with E-state index >= 15 is 0 Å². The number of aromatic amines is 1. The smallest absolute Gasteiger partial charge is 0.280 e. The number of nitrogen functional groups attached to an aromatic ring is 1. The summed E-state index contributed by atoms with van der Waals surface area (Å²) in [5, 5.41) is 19.8. The molecule has 1 saturated heterocycles. The molecule has 2 aromatic carbocycles. The molecule has 1 fully saturated rings. The van der Waals surface area contributed by atoms with Gasteiger partial charge < -0.3 is 20.7 Å². The van der Waals surface area contributed by atoms with E-state index in [9.17, 15) is 15.0 Å². The number of nitrogens with one attached hydrogen (secondary N) is 1. The summed E-state index contributed by atoms with van der Waals surface area (Å²) in [7, 11) is 0. The molecule has 0 radical (unpaired) electrons. The first-order chi connectivity index (χ1) is 16.5. The Hall–Kier alpha value is -3.79. The van der Waals surface area contributed by atoms with Crippen LogP contribution in [0.2, 0.25) is 0 Å². The van der Waals surface area contributed by atoms with Crippen LogP contribution >= 0.6 is 0 Å². The molecule has 2 aromatic heterocycles. The van der Waals surface area contributed by atoms with E-state index in [2.05, 4.69) is 51.4 Å². The fourth-order valence-corrected chi connectivity index (χ4v) is 4.87. The van der Waals surface area contributed by atoms with E-state index < -0.39 is 24.0 Å². The lowest BCUT2D eigenvalue weighted by atomic mass is 10.0. The minimum atomic E-state index is -0.847. The van der Waals surface area contributed by atoms with Crippen molar-refractivity contribution in [2.45, 2.75) is 31.3 Å². The third-order valence-corrected chi connectivity index (χ3v) is 6.52. The highest BCUT2D eigenvalue weighted by Crippen LogP contribution is 2.37. The Bertz CT molecular complexity index is 1510. The molecule has 34 heavy (non-hydrogen) atoms. The van der Waals surface area contributed by atoms with Crippen molar-refractivity contribution < 1.29 is 14.9 Å². The SMILES string of the molecule is Nc1nc2c(nc(/C=C/c3ccc4c(c3)-c3ccccc3C4)n2[C@H]2C[C@H](O)[C@@H](CO)O2)c(=O)[nH]1. The molecular weight excluding hydrogens is 434 g/mol. The number of aliphatic hydroxyl groups is 2. The predicted octanol–water partition coefficient (Wildman–Crippen LogP) is 2.08. The molecule has 172 valence electrons. The molecule has 5 N–H and O–H groups in total. The highest BCUT2D eigenvalue weighted by Gasteiger charge is 2.36. The van der Waals surface area contributed by atoms with Crippen molar-refractivity contribution in [1.82, 2.24) is 19.5 Å². The summed E-state index contributed by atoms with van der Waals surface area (Å²) in [5.74, 6) is 0.402. The van der Waals surface area contributed by atoms with Crippen LogP contribution in [0, 0.1) is 0 Å². The molecule has 1 aliphatic heterocycles. The van der Waals surface area contributed by atoms with Gasteiger partial charge in [-0.2, -0.15) is 4.98 Å². The molecule has 3 atom stereocenters. The molecule has 0 spiro atoms. The second kappa shape index (κ2) is 7.91. The number of fused-ring (bicyclic) bond motifs is 4. The topological polar surface area (TPSA) is 139 Å². The van der Waals surface area contributed by atoms with Crippen LogP contribution in [0.3, 0.4) is 0 Å². The maximum atomic E-state index is 12.5. The van der Waals surface area contributed by atoms with E-state index in [1.807, 2.05) is 12.1 Å². The molecule has 3 heterocycles. The Morgan fingerprint density at radius 1 is 1.15 bits per heavy atom. The van der Waals surface area contributed by atoms with E-state index in [4.69, 9.17) is 10.5 Å². The number of ether oxygens (including phenoxy) is 1. The minimum Gasteiger partial charge on any atom is -0.394 e. The van der Waals surface area contributed by atoms with Crippen LogP contribution in [0.1, 0.15) is 35.2 Å². The molecule has 1 aliphatic carbocycles. The fourth-order valence-electron chi connectivity index (χ4n) is 4.87. The van der Waals surface area contributed by atoms with Gasteiger partial charge in [-0.1, -0.05) is 42.5 Å². The van der Waals surface area contributed by atoms with Gasteiger partial charge in [0.2, 0.25) is 5.95 Å². The van der Waals surface area contributed by atoms with Gasteiger partial charge in [-0.3, -0.25) is 14.3 Å². The number of rotatable bonds is 4. The van der Waals surface area contributed by atoms with Gasteiger partial charge in [0.05, 0.1) is 12.7 Å². The molecule has 2 aliphatic rings. The standard InChI is InChI=1S/C25H23N5O4/c26-25-28-23-22(24(33)29-25)27-20(30(23)21-11-18(32)19(12-31)34-21)8-6-13-5-7-15-10-14-3-1-2-4-16(14)17(15)9-13/h1-9,18-19,21,31-32H,10-12H2,(H3,26,28,29,33)/b8-6+/t18-,19+,21+/m0/s1. The van der Waals surface area contributed by atoms with Gasteiger partial charge >= 0.3 is 0 Å². The molecule has 4 aromatic rings. The summed E-state index contributed by atoms with van der Waals surface area (Å²) >= 11 is 0. The van der Waals surface area contributed by atoms with Crippen molar-refractivity contribution in [3.63, 3.8) is 0 Å². The molecule has 0 bridgehead atoms. The molecule has 0 amide bonds. The van der Waals surface area contributed by atoms with E-state index in [0.717, 1.165) is 12.0 Å². The number of hydrogen-bond acceptors (Lipinski definition) is 7. The highest BCUT2D eigenvalue weighted by molar-refractivity contribution is 5.81. The van der Waals surface area contributed by atoms with Crippen LogP contribution in [0.25, 0.3) is 34.4 Å². The number of nitrogens with zero attached hydrogens (tertiary/aromatic N) is 3. The predicted molar refractivity (Wildman–Crippen MR) is 128 cm³/mol. The van der Waals surface area contributed by atoms with Crippen molar-refractivity contribution in [2.75, 3.05) is 12.3 Å². The maximum Gasteiger partial charge on any atom is 0.280 e. The number of aliphatic hydroxyl groups excluding tert-OH is 2. The number of nitrogens with two attached hydrogens (primary N) is 1. The first kappa shape index (κ1) is 20.8. The van der Waals surface area contributed by atoms with Crippen molar-refractivity contribution in [3.05, 3.63) is 75.3 Å². The van der Waals surface area contributed by atoms with Gasteiger partial charge in [-0.05, 0) is 46.4 Å². The zero-order valence-electron chi connectivity index (χ0n) is 18.2. The molecule has 9 heteroatoms. The maximum absolute atomic E-state index is 12.5. The monoisotopic (exact) mass is 457 g/mol. The summed E-state index contributed by atoms with van der Waals surface area (Å²) in [5.41, 5.74) is 11.8. The van der Waals surface area contributed by atoms with Crippen LogP contribution in [0.4, 0.5) is 5.95 Å². The van der Waals surface area contributed by atoms with Crippen LogP contribution in [0.15, 0.2) is 47.3 Å². The first-order valence-electron chi connectivity index (χ1n) is 11.1. The Labute approximate surface area is 194 Å². The third kappa shape index (κ3) is 3.33. The Balaban J connectivity index is 1.43. The Morgan fingerprint density at radius 3 is 2.79 bits per heavy atom. The zero-order valence-corrected chi connectivity index (χ0v) is 18.2. The average molecular weight is 457 g/mol. The van der Waals surface area contributed by atoms with Gasteiger partial charge in [0.15, 0.2) is 11.2 Å². The number of hydrogen-bond donors (Lipinski definition) is 4. The zero-order chi connectivity index (χ0) is 23.4. The van der Waals surface area contributed by atoms with Crippen molar-refractivity contribution in [3.8, 4) is 11.1 Å². The van der Waals surface area contributed by atoms with E-state index in [1.54, 1.807) is 10.6 Å². The lowest BCUT2D eigenvalue weighted by molar-refractivity contribution is -0.0433. The summed E-state index contributed by atoms with van der Waals surface area (Å²) < 4.78 is 7.50. The second-order valence-electron chi connectivity index (χ2n) is 8.66. The van der Waals surface area contributed by atoms with Crippen molar-refractivity contribution >= 4 is 29.3 Å². The normalized spacial score (nSPS) is 21.4. The molecule has 9 nitrogen and oxygen atoms in total. The van der Waals surface area contributed by atoms with Crippen molar-refractivity contribution in [1.29, 1.82) is 0 Å². The average Bonchev–Trinajstić information content (AvgIpc) is 3.49. The Kier molecular flexibility index (Phi) is 4.84. The molecule has 0 saturated carbocycles. The van der Waals surface area contributed by atoms with E-state index in [0.29, 0.717) is 5.82 Å². The number of benzene rings is 2. The molecule has 0 unspecified atom stereocenters. The van der Waals surface area contributed by atoms with Gasteiger partial charge in [-0.25, -0.2) is 4.98 Å². The first-order valence-corrected chi connectivity index (χ1v) is 11.1. The lowest BCUT2D eigenvalue weighted by Gasteiger charge is -2.15. The largest absolute Gasteiger partial charge is 0.394 e. The second-order valence-corrected chi connectivity index (χ2v) is 8.66. The summed E-state index contributed by atoms with van der Waals surface area (Å²) in [6.07, 6.45) is 2.64. The summed E-state index contributed by atoms with van der Waals surface area (Å²) in [6, 6.07) is 14.7. The van der Waals surface area contributed by atoms with Gasteiger partial charge in [0.25, 0.3) is 5.56 Å². The lowest BCUT2D eigenvalue weighted by Crippen LogP contribution is -2.24. The molecule has 6 rings (SSSR count). The Morgan fingerprint density at radius 2 is 1.97 bits per heavy atom. The molecular formula is C25H23N5O4. The highest BCUT2D eigenvalue weighted by atomic mass is 16.5. The van der Waals surface area contributed by atoms with E-state index in [-0.39, 0.29) is 30.1 Å². The third-order valence-electron chi connectivity index (χ3n) is 6.52. The van der Waals surface area contributed by atoms with Crippen LogP contribution < -0.4 is 11.3 Å². The van der Waals surface area contributed by atoms with Crippen LogP contribution in [-0.2, 0) is 11.2 Å². The number of imidazole rings is 1. The number of aromatic nitrogens is 4. The van der Waals surface area contributed by atoms with Crippen LogP contribution in [0.5, 0.6) is 0 Å².